The third kappa shape index (κ3) is 4.60. The summed E-state index contributed by atoms with van der Waals surface area (Å²) >= 11 is 0. The molecule has 0 aliphatic carbocycles. The van der Waals surface area contributed by atoms with Crippen LogP contribution in [0.4, 0.5) is 0 Å². The average Bonchev–Trinajstić information content (AvgIpc) is 2.45. The second-order valence-electron chi connectivity index (χ2n) is 5.18. The van der Waals surface area contributed by atoms with E-state index in [0.717, 1.165) is 25.0 Å². The van der Waals surface area contributed by atoms with Gasteiger partial charge in [0.2, 0.25) is 0 Å². The van der Waals surface area contributed by atoms with Gasteiger partial charge in [-0.2, -0.15) is 0 Å². The van der Waals surface area contributed by atoms with E-state index in [2.05, 4.69) is 6.92 Å². The Morgan fingerprint density at radius 2 is 1.68 bits per heavy atom. The molecule has 1 aromatic rings. The molecular formula is C16H26O3. The Kier molecular flexibility index (Phi) is 7.06. The summed E-state index contributed by atoms with van der Waals surface area (Å²) in [5.41, 5.74) is 1.55. The first-order chi connectivity index (χ1) is 9.18. The molecule has 0 heterocycles. The standard InChI is InChI=1S/C16H26O3/c1-3-4-10-19-11-9-16(12-17,13-18)15-7-5-14(2)6-8-15/h5-8,17-18H,3-4,9-13H2,1-2H3. The van der Waals surface area contributed by atoms with E-state index in [-0.39, 0.29) is 13.2 Å². The van der Waals surface area contributed by atoms with Crippen molar-refractivity contribution in [3.63, 3.8) is 0 Å². The fourth-order valence-electron chi connectivity index (χ4n) is 2.06. The molecule has 0 radical (unpaired) electrons. The van der Waals surface area contributed by atoms with E-state index < -0.39 is 5.41 Å². The molecular weight excluding hydrogens is 240 g/mol. The molecule has 19 heavy (non-hydrogen) atoms. The zero-order chi connectivity index (χ0) is 14.1. The molecule has 0 saturated carbocycles. The molecule has 0 bridgehead atoms. The number of aliphatic hydroxyl groups is 2. The van der Waals surface area contributed by atoms with Gasteiger partial charge in [-0.1, -0.05) is 43.2 Å². The predicted octanol–water partition coefficient (Wildman–Crippen LogP) is 2.42. The lowest BCUT2D eigenvalue weighted by Crippen LogP contribution is -2.36. The summed E-state index contributed by atoms with van der Waals surface area (Å²) in [5, 5.41) is 19.4. The van der Waals surface area contributed by atoms with Gasteiger partial charge in [-0.05, 0) is 25.3 Å². The Bertz CT molecular complexity index is 342. The van der Waals surface area contributed by atoms with Crippen molar-refractivity contribution < 1.29 is 14.9 Å². The minimum Gasteiger partial charge on any atom is -0.395 e. The second kappa shape index (κ2) is 8.31. The number of ether oxygens (including phenoxy) is 1. The van der Waals surface area contributed by atoms with E-state index >= 15 is 0 Å². The van der Waals surface area contributed by atoms with Crippen molar-refractivity contribution >= 4 is 0 Å². The smallest absolute Gasteiger partial charge is 0.0550 e. The maximum atomic E-state index is 9.69. The van der Waals surface area contributed by atoms with Crippen molar-refractivity contribution in [1.82, 2.24) is 0 Å². The molecule has 1 rings (SSSR count). The van der Waals surface area contributed by atoms with Crippen molar-refractivity contribution in [3.05, 3.63) is 35.4 Å². The highest BCUT2D eigenvalue weighted by atomic mass is 16.5. The highest BCUT2D eigenvalue weighted by Crippen LogP contribution is 2.27. The number of unbranched alkanes of at least 4 members (excludes halogenated alkanes) is 1. The van der Waals surface area contributed by atoms with Crippen LogP contribution in [0.15, 0.2) is 24.3 Å². The summed E-state index contributed by atoms with van der Waals surface area (Å²) in [5.74, 6) is 0. The summed E-state index contributed by atoms with van der Waals surface area (Å²) < 4.78 is 5.56. The van der Waals surface area contributed by atoms with Gasteiger partial charge in [0, 0.05) is 18.6 Å². The average molecular weight is 266 g/mol. The zero-order valence-corrected chi connectivity index (χ0v) is 12.1. The molecule has 0 spiro atoms. The van der Waals surface area contributed by atoms with E-state index in [9.17, 15) is 10.2 Å². The first-order valence-corrected chi connectivity index (χ1v) is 7.05. The van der Waals surface area contributed by atoms with Crippen LogP contribution in [0, 0.1) is 6.92 Å². The summed E-state index contributed by atoms with van der Waals surface area (Å²) in [4.78, 5) is 0. The molecule has 0 atom stereocenters. The predicted molar refractivity (Wildman–Crippen MR) is 77.4 cm³/mol. The van der Waals surface area contributed by atoms with Crippen LogP contribution in [0.2, 0.25) is 0 Å². The third-order valence-electron chi connectivity index (χ3n) is 3.64. The van der Waals surface area contributed by atoms with Crippen LogP contribution in [0.3, 0.4) is 0 Å². The number of benzene rings is 1. The molecule has 0 aromatic heterocycles. The number of hydrogen-bond donors (Lipinski definition) is 2. The summed E-state index contributed by atoms with van der Waals surface area (Å²) in [6, 6.07) is 7.97. The first kappa shape index (κ1) is 16.2. The maximum Gasteiger partial charge on any atom is 0.0550 e. The van der Waals surface area contributed by atoms with Crippen LogP contribution in [-0.4, -0.2) is 36.6 Å². The summed E-state index contributed by atoms with van der Waals surface area (Å²) in [6.07, 6.45) is 2.80. The van der Waals surface area contributed by atoms with Gasteiger partial charge in [0.1, 0.15) is 0 Å². The summed E-state index contributed by atoms with van der Waals surface area (Å²) in [6.45, 7) is 5.33. The monoisotopic (exact) mass is 266 g/mol. The van der Waals surface area contributed by atoms with Crippen molar-refractivity contribution in [2.45, 2.75) is 38.5 Å². The highest BCUT2D eigenvalue weighted by molar-refractivity contribution is 5.29. The van der Waals surface area contributed by atoms with E-state index in [4.69, 9.17) is 4.74 Å². The van der Waals surface area contributed by atoms with Gasteiger partial charge in [-0.3, -0.25) is 0 Å². The molecule has 108 valence electrons. The second-order valence-corrected chi connectivity index (χ2v) is 5.18. The van der Waals surface area contributed by atoms with E-state index in [0.29, 0.717) is 13.0 Å². The Hall–Kier alpha value is -0.900. The fourth-order valence-corrected chi connectivity index (χ4v) is 2.06. The number of aryl methyl sites for hydroxylation is 1. The lowest BCUT2D eigenvalue weighted by molar-refractivity contribution is 0.0616. The van der Waals surface area contributed by atoms with Crippen molar-refractivity contribution in [1.29, 1.82) is 0 Å². The number of hydrogen-bond acceptors (Lipinski definition) is 3. The van der Waals surface area contributed by atoms with Gasteiger partial charge in [0.05, 0.1) is 13.2 Å². The molecule has 0 saturated heterocycles. The van der Waals surface area contributed by atoms with E-state index in [1.807, 2.05) is 31.2 Å². The number of rotatable bonds is 9. The molecule has 0 unspecified atom stereocenters. The van der Waals surface area contributed by atoms with Crippen LogP contribution >= 0.6 is 0 Å². The number of aliphatic hydroxyl groups excluding tert-OH is 2. The molecule has 1 aromatic carbocycles. The van der Waals surface area contributed by atoms with E-state index in [1.54, 1.807) is 0 Å². The first-order valence-electron chi connectivity index (χ1n) is 7.05. The van der Waals surface area contributed by atoms with Gasteiger partial charge in [-0.25, -0.2) is 0 Å². The fraction of sp³-hybridized carbons (Fsp3) is 0.625. The van der Waals surface area contributed by atoms with Crippen LogP contribution < -0.4 is 0 Å². The molecule has 2 N–H and O–H groups in total. The minimum atomic E-state index is -0.597. The molecule has 3 heteroatoms. The van der Waals surface area contributed by atoms with Gasteiger partial charge in [0.15, 0.2) is 0 Å². The SMILES string of the molecule is CCCCOCCC(CO)(CO)c1ccc(C)cc1. The van der Waals surface area contributed by atoms with Crippen LogP contribution in [0.25, 0.3) is 0 Å². The highest BCUT2D eigenvalue weighted by Gasteiger charge is 2.30. The Balaban J connectivity index is 2.65. The third-order valence-corrected chi connectivity index (χ3v) is 3.64. The maximum absolute atomic E-state index is 9.69. The lowest BCUT2D eigenvalue weighted by atomic mass is 9.79. The van der Waals surface area contributed by atoms with Gasteiger partial charge < -0.3 is 14.9 Å². The zero-order valence-electron chi connectivity index (χ0n) is 12.1. The molecule has 0 fully saturated rings. The minimum absolute atomic E-state index is 0.0658. The van der Waals surface area contributed by atoms with Gasteiger partial charge in [0.25, 0.3) is 0 Å². The molecule has 0 amide bonds. The molecule has 0 aliphatic rings. The van der Waals surface area contributed by atoms with Crippen LogP contribution in [0.1, 0.15) is 37.3 Å². The Morgan fingerprint density at radius 1 is 1.05 bits per heavy atom. The van der Waals surface area contributed by atoms with E-state index in [1.165, 1.54) is 5.56 Å². The van der Waals surface area contributed by atoms with Crippen molar-refractivity contribution in [2.24, 2.45) is 0 Å². The van der Waals surface area contributed by atoms with Crippen molar-refractivity contribution in [3.8, 4) is 0 Å². The van der Waals surface area contributed by atoms with Gasteiger partial charge >= 0.3 is 0 Å². The normalized spacial score (nSPS) is 11.8. The lowest BCUT2D eigenvalue weighted by Gasteiger charge is -2.30. The van der Waals surface area contributed by atoms with Gasteiger partial charge in [-0.15, -0.1) is 0 Å². The Morgan fingerprint density at radius 3 is 2.21 bits per heavy atom. The van der Waals surface area contributed by atoms with Crippen LogP contribution in [0.5, 0.6) is 0 Å². The largest absolute Gasteiger partial charge is 0.395 e. The van der Waals surface area contributed by atoms with Crippen LogP contribution in [-0.2, 0) is 10.2 Å². The molecule has 0 aliphatic heterocycles. The Labute approximate surface area is 116 Å². The molecule has 3 nitrogen and oxygen atoms in total. The topological polar surface area (TPSA) is 49.7 Å². The van der Waals surface area contributed by atoms with Crippen molar-refractivity contribution in [2.75, 3.05) is 26.4 Å². The summed E-state index contributed by atoms with van der Waals surface area (Å²) in [7, 11) is 0. The quantitative estimate of drug-likeness (QED) is 0.675.